The van der Waals surface area contributed by atoms with Gasteiger partial charge in [0.05, 0.1) is 5.69 Å². The molecule has 4 nitrogen and oxygen atoms in total. The molecule has 0 amide bonds. The molecule has 0 saturated carbocycles. The van der Waals surface area contributed by atoms with Gasteiger partial charge in [-0.25, -0.2) is 0 Å². The smallest absolute Gasteiger partial charge is 0.148 e. The summed E-state index contributed by atoms with van der Waals surface area (Å²) >= 11 is 3.48. The van der Waals surface area contributed by atoms with Crippen molar-refractivity contribution < 1.29 is 0 Å². The second-order valence-electron chi connectivity index (χ2n) is 4.29. The van der Waals surface area contributed by atoms with E-state index in [4.69, 9.17) is 0 Å². The van der Waals surface area contributed by atoms with Crippen LogP contribution >= 0.6 is 15.9 Å². The van der Waals surface area contributed by atoms with Gasteiger partial charge in [-0.1, -0.05) is 22.0 Å². The third-order valence-electron chi connectivity index (χ3n) is 2.82. The first-order valence-electron chi connectivity index (χ1n) is 6.19. The Bertz CT molecular complexity index is 540. The van der Waals surface area contributed by atoms with Crippen LogP contribution in [-0.4, -0.2) is 30.3 Å². The predicted octanol–water partition coefficient (Wildman–Crippen LogP) is 2.85. The van der Waals surface area contributed by atoms with E-state index in [1.807, 2.05) is 25.2 Å². The molecule has 2 aromatic rings. The SMILES string of the molecule is CNCCNc1ccc(-c2cc(Br)ccc2C)nn1. The van der Waals surface area contributed by atoms with Gasteiger partial charge in [-0.3, -0.25) is 0 Å². The third kappa shape index (κ3) is 3.75. The Morgan fingerprint density at radius 2 is 1.95 bits per heavy atom. The van der Waals surface area contributed by atoms with Crippen LogP contribution in [0.5, 0.6) is 0 Å². The van der Waals surface area contributed by atoms with Crippen molar-refractivity contribution in [1.29, 1.82) is 0 Å². The minimum absolute atomic E-state index is 0.798. The van der Waals surface area contributed by atoms with Gasteiger partial charge in [0.25, 0.3) is 0 Å². The monoisotopic (exact) mass is 320 g/mol. The van der Waals surface area contributed by atoms with Gasteiger partial charge in [-0.05, 0) is 43.8 Å². The summed E-state index contributed by atoms with van der Waals surface area (Å²) in [6.45, 7) is 3.80. The van der Waals surface area contributed by atoms with Crippen LogP contribution in [0.15, 0.2) is 34.8 Å². The highest BCUT2D eigenvalue weighted by Crippen LogP contribution is 2.25. The third-order valence-corrected chi connectivity index (χ3v) is 3.31. The van der Waals surface area contributed by atoms with Crippen LogP contribution in [0.2, 0.25) is 0 Å². The van der Waals surface area contributed by atoms with Crippen LogP contribution in [0.25, 0.3) is 11.3 Å². The van der Waals surface area contributed by atoms with E-state index >= 15 is 0 Å². The van der Waals surface area contributed by atoms with E-state index in [9.17, 15) is 0 Å². The largest absolute Gasteiger partial charge is 0.367 e. The first-order chi connectivity index (χ1) is 9.20. The molecule has 0 bridgehead atoms. The van der Waals surface area contributed by atoms with Crippen molar-refractivity contribution in [3.63, 3.8) is 0 Å². The van der Waals surface area contributed by atoms with Crippen LogP contribution in [0.1, 0.15) is 5.56 Å². The number of likely N-dealkylation sites (N-methyl/N-ethyl adjacent to an activating group) is 1. The summed E-state index contributed by atoms with van der Waals surface area (Å²) in [6.07, 6.45) is 0. The molecule has 0 atom stereocenters. The average molecular weight is 321 g/mol. The van der Waals surface area contributed by atoms with Gasteiger partial charge in [-0.15, -0.1) is 10.2 Å². The van der Waals surface area contributed by atoms with Gasteiger partial charge < -0.3 is 10.6 Å². The maximum atomic E-state index is 4.28. The molecule has 0 aliphatic carbocycles. The maximum Gasteiger partial charge on any atom is 0.148 e. The van der Waals surface area contributed by atoms with E-state index in [0.717, 1.165) is 34.6 Å². The van der Waals surface area contributed by atoms with E-state index in [1.165, 1.54) is 5.56 Å². The Hall–Kier alpha value is -1.46. The molecular formula is C14H17BrN4. The fourth-order valence-electron chi connectivity index (χ4n) is 1.76. The topological polar surface area (TPSA) is 49.8 Å². The lowest BCUT2D eigenvalue weighted by molar-refractivity contribution is 0.818. The van der Waals surface area contributed by atoms with Crippen molar-refractivity contribution >= 4 is 21.7 Å². The Kier molecular flexibility index (Phi) is 4.87. The van der Waals surface area contributed by atoms with Crippen LogP contribution in [0.3, 0.4) is 0 Å². The fourth-order valence-corrected chi connectivity index (χ4v) is 2.12. The van der Waals surface area contributed by atoms with E-state index in [1.54, 1.807) is 0 Å². The van der Waals surface area contributed by atoms with Crippen molar-refractivity contribution in [3.05, 3.63) is 40.4 Å². The van der Waals surface area contributed by atoms with Gasteiger partial charge in [0.1, 0.15) is 5.82 Å². The zero-order valence-corrected chi connectivity index (χ0v) is 12.7. The quantitative estimate of drug-likeness (QED) is 0.832. The molecule has 2 rings (SSSR count). The molecule has 19 heavy (non-hydrogen) atoms. The normalized spacial score (nSPS) is 10.5. The molecule has 5 heteroatoms. The molecular weight excluding hydrogens is 304 g/mol. The number of anilines is 1. The van der Waals surface area contributed by atoms with Crippen LogP contribution in [0.4, 0.5) is 5.82 Å². The zero-order chi connectivity index (χ0) is 13.7. The minimum atomic E-state index is 0.798. The molecule has 1 aromatic heterocycles. The number of hydrogen-bond acceptors (Lipinski definition) is 4. The van der Waals surface area contributed by atoms with E-state index < -0.39 is 0 Å². The fraction of sp³-hybridized carbons (Fsp3) is 0.286. The summed E-state index contributed by atoms with van der Waals surface area (Å²) < 4.78 is 1.05. The number of halogens is 1. The van der Waals surface area contributed by atoms with Crippen molar-refractivity contribution in [3.8, 4) is 11.3 Å². The molecule has 1 aromatic carbocycles. The van der Waals surface area contributed by atoms with Gasteiger partial charge in [-0.2, -0.15) is 0 Å². The lowest BCUT2D eigenvalue weighted by Gasteiger charge is -2.07. The van der Waals surface area contributed by atoms with Crippen molar-refractivity contribution in [1.82, 2.24) is 15.5 Å². The number of hydrogen-bond donors (Lipinski definition) is 2. The van der Waals surface area contributed by atoms with Gasteiger partial charge >= 0.3 is 0 Å². The van der Waals surface area contributed by atoms with Crippen LogP contribution in [-0.2, 0) is 0 Å². The predicted molar refractivity (Wildman–Crippen MR) is 82.3 cm³/mol. The Morgan fingerprint density at radius 1 is 1.11 bits per heavy atom. The summed E-state index contributed by atoms with van der Waals surface area (Å²) in [7, 11) is 1.92. The molecule has 0 unspecified atom stereocenters. The first-order valence-corrected chi connectivity index (χ1v) is 6.99. The summed E-state index contributed by atoms with van der Waals surface area (Å²) in [5.74, 6) is 0.798. The summed E-state index contributed by atoms with van der Waals surface area (Å²) in [4.78, 5) is 0. The summed E-state index contributed by atoms with van der Waals surface area (Å²) in [6, 6.07) is 10.1. The standard InChI is InChI=1S/C14H17BrN4/c1-10-3-4-11(15)9-12(10)13-5-6-14(19-18-13)17-8-7-16-2/h3-6,9,16H,7-8H2,1-2H3,(H,17,19). The van der Waals surface area contributed by atoms with Crippen molar-refractivity contribution in [2.24, 2.45) is 0 Å². The number of aromatic nitrogens is 2. The number of rotatable bonds is 5. The summed E-state index contributed by atoms with van der Waals surface area (Å²) in [5, 5.41) is 14.7. The molecule has 0 spiro atoms. The highest BCUT2D eigenvalue weighted by atomic mass is 79.9. The van der Waals surface area contributed by atoms with E-state index in [-0.39, 0.29) is 0 Å². The number of benzene rings is 1. The Balaban J connectivity index is 2.15. The van der Waals surface area contributed by atoms with Crippen LogP contribution < -0.4 is 10.6 Å². The van der Waals surface area contributed by atoms with Crippen LogP contribution in [0, 0.1) is 6.92 Å². The number of aryl methyl sites for hydroxylation is 1. The molecule has 0 aliphatic rings. The lowest BCUT2D eigenvalue weighted by atomic mass is 10.1. The van der Waals surface area contributed by atoms with Crippen molar-refractivity contribution in [2.45, 2.75) is 6.92 Å². The number of nitrogens with one attached hydrogen (secondary N) is 2. The maximum absolute atomic E-state index is 4.28. The molecule has 0 fully saturated rings. The first kappa shape index (κ1) is 14.0. The van der Waals surface area contributed by atoms with E-state index in [0.29, 0.717) is 0 Å². The average Bonchev–Trinajstić information content (AvgIpc) is 2.43. The van der Waals surface area contributed by atoms with Gasteiger partial charge in [0.15, 0.2) is 0 Å². The molecule has 0 radical (unpaired) electrons. The Morgan fingerprint density at radius 3 is 2.63 bits per heavy atom. The Labute approximate surface area is 121 Å². The van der Waals surface area contributed by atoms with Gasteiger partial charge in [0, 0.05) is 23.1 Å². The molecule has 0 aliphatic heterocycles. The lowest BCUT2D eigenvalue weighted by Crippen LogP contribution is -2.18. The molecule has 0 saturated heterocycles. The zero-order valence-electron chi connectivity index (χ0n) is 11.1. The second-order valence-corrected chi connectivity index (χ2v) is 5.21. The highest BCUT2D eigenvalue weighted by Gasteiger charge is 2.05. The van der Waals surface area contributed by atoms with E-state index in [2.05, 4.69) is 55.8 Å². The van der Waals surface area contributed by atoms with Gasteiger partial charge in [0.2, 0.25) is 0 Å². The highest BCUT2D eigenvalue weighted by molar-refractivity contribution is 9.10. The second kappa shape index (κ2) is 6.63. The number of nitrogens with zero attached hydrogens (tertiary/aromatic N) is 2. The molecule has 1 heterocycles. The summed E-state index contributed by atoms with van der Waals surface area (Å²) in [5.41, 5.74) is 3.18. The van der Waals surface area contributed by atoms with Crippen molar-refractivity contribution in [2.75, 3.05) is 25.5 Å². The molecule has 100 valence electrons. The minimum Gasteiger partial charge on any atom is -0.367 e. The molecule has 2 N–H and O–H groups in total.